The second kappa shape index (κ2) is 9.70. The summed E-state index contributed by atoms with van der Waals surface area (Å²) in [5, 5.41) is 0. The van der Waals surface area contributed by atoms with Crippen molar-refractivity contribution >= 4 is 18.6 Å². The highest BCUT2D eigenvalue weighted by Crippen LogP contribution is 2.06. The first-order chi connectivity index (χ1) is 7.95. The van der Waals surface area contributed by atoms with Gasteiger partial charge in [0.2, 0.25) is 0 Å². The van der Waals surface area contributed by atoms with Crippen LogP contribution in [0.25, 0.3) is 0 Å². The van der Waals surface area contributed by atoms with Crippen LogP contribution in [-0.4, -0.2) is 50.5 Å². The van der Waals surface area contributed by atoms with Crippen LogP contribution < -0.4 is 0 Å². The van der Waals surface area contributed by atoms with Crippen LogP contribution in [0.5, 0.6) is 0 Å². The van der Waals surface area contributed by atoms with Gasteiger partial charge in [-0.25, -0.2) is 4.79 Å². The Hall–Kier alpha value is -0.300. The molecule has 5 nitrogen and oxygen atoms in total. The Morgan fingerprint density at radius 2 is 1.53 bits per heavy atom. The van der Waals surface area contributed by atoms with E-state index in [4.69, 9.17) is 18.9 Å². The van der Waals surface area contributed by atoms with Gasteiger partial charge < -0.3 is 18.9 Å². The summed E-state index contributed by atoms with van der Waals surface area (Å²) in [4.78, 5) is 11.2. The molecular formula is C11H22O5S. The molecule has 0 aromatic heterocycles. The minimum atomic E-state index is -0.471. The minimum Gasteiger partial charge on any atom is -0.458 e. The highest BCUT2D eigenvalue weighted by atomic mass is 32.1. The van der Waals surface area contributed by atoms with Crippen LogP contribution in [0.1, 0.15) is 20.8 Å². The molecule has 0 spiro atoms. The van der Waals surface area contributed by atoms with Crippen LogP contribution >= 0.6 is 12.6 Å². The largest absolute Gasteiger partial charge is 0.458 e. The maximum atomic E-state index is 11.2. The van der Waals surface area contributed by atoms with Crippen molar-refractivity contribution in [2.75, 3.05) is 39.0 Å². The summed E-state index contributed by atoms with van der Waals surface area (Å²) in [6, 6.07) is 0. The maximum absolute atomic E-state index is 11.2. The summed E-state index contributed by atoms with van der Waals surface area (Å²) < 4.78 is 20.3. The first-order valence-corrected chi connectivity index (χ1v) is 6.15. The summed E-state index contributed by atoms with van der Waals surface area (Å²) in [7, 11) is 0. The molecule has 0 radical (unpaired) electrons. The first kappa shape index (κ1) is 16.7. The van der Waals surface area contributed by atoms with Crippen molar-refractivity contribution in [3.63, 3.8) is 0 Å². The lowest BCUT2D eigenvalue weighted by molar-refractivity contribution is -0.160. The molecule has 0 aromatic rings. The standard InChI is InChI=1S/C11H22O5S/c1-11(2,3)16-10(12)8-14-6-4-13-5-7-15-9-17/h17H,4-9H2,1-3H3. The fraction of sp³-hybridized carbons (Fsp3) is 0.909. The third-order valence-electron chi connectivity index (χ3n) is 1.48. The van der Waals surface area contributed by atoms with Gasteiger partial charge >= 0.3 is 5.97 Å². The molecule has 0 N–H and O–H groups in total. The molecule has 0 aliphatic heterocycles. The number of hydrogen-bond donors (Lipinski definition) is 1. The number of carbonyl (C=O) groups is 1. The molecular weight excluding hydrogens is 244 g/mol. The third-order valence-corrected chi connectivity index (χ3v) is 1.66. The van der Waals surface area contributed by atoms with E-state index in [0.717, 1.165) is 0 Å². The van der Waals surface area contributed by atoms with Gasteiger partial charge in [0.15, 0.2) is 0 Å². The molecule has 0 unspecified atom stereocenters. The Labute approximate surface area is 108 Å². The van der Waals surface area contributed by atoms with Crippen molar-refractivity contribution in [2.24, 2.45) is 0 Å². The maximum Gasteiger partial charge on any atom is 0.332 e. The number of esters is 1. The zero-order valence-corrected chi connectivity index (χ0v) is 11.6. The van der Waals surface area contributed by atoms with E-state index in [1.807, 2.05) is 20.8 Å². The molecule has 0 fully saturated rings. The van der Waals surface area contributed by atoms with Gasteiger partial charge in [-0.1, -0.05) is 0 Å². The number of hydrogen-bond acceptors (Lipinski definition) is 6. The van der Waals surface area contributed by atoms with E-state index in [2.05, 4.69) is 12.6 Å². The number of thiol groups is 1. The molecule has 0 rings (SSSR count). The van der Waals surface area contributed by atoms with Crippen molar-refractivity contribution < 1.29 is 23.7 Å². The molecule has 0 saturated carbocycles. The summed E-state index contributed by atoms with van der Waals surface area (Å²) in [6.07, 6.45) is 0. The Morgan fingerprint density at radius 3 is 2.06 bits per heavy atom. The van der Waals surface area contributed by atoms with Gasteiger partial charge in [0.1, 0.15) is 12.2 Å². The van der Waals surface area contributed by atoms with Gasteiger partial charge in [-0.2, -0.15) is 12.6 Å². The van der Waals surface area contributed by atoms with Crippen LogP contribution in [0.4, 0.5) is 0 Å². The molecule has 0 bridgehead atoms. The smallest absolute Gasteiger partial charge is 0.332 e. The highest BCUT2D eigenvalue weighted by molar-refractivity contribution is 7.80. The quantitative estimate of drug-likeness (QED) is 0.295. The summed E-state index contributed by atoms with van der Waals surface area (Å²) in [6.45, 7) is 7.19. The normalized spacial score (nSPS) is 11.5. The molecule has 6 heteroatoms. The molecule has 0 atom stereocenters. The van der Waals surface area contributed by atoms with Crippen molar-refractivity contribution in [2.45, 2.75) is 26.4 Å². The van der Waals surface area contributed by atoms with Gasteiger partial charge in [0, 0.05) is 0 Å². The highest BCUT2D eigenvalue weighted by Gasteiger charge is 2.15. The Kier molecular flexibility index (Phi) is 9.53. The molecule has 102 valence electrons. The number of ether oxygens (including phenoxy) is 4. The van der Waals surface area contributed by atoms with Crippen molar-refractivity contribution in [3.8, 4) is 0 Å². The number of rotatable bonds is 9. The second-order valence-corrected chi connectivity index (χ2v) is 4.55. The predicted octanol–water partition coefficient (Wildman–Crippen LogP) is 1.27. The lowest BCUT2D eigenvalue weighted by atomic mass is 10.2. The molecule has 0 saturated heterocycles. The molecule has 17 heavy (non-hydrogen) atoms. The van der Waals surface area contributed by atoms with Crippen LogP contribution in [0.15, 0.2) is 0 Å². The number of carbonyl (C=O) groups excluding carboxylic acids is 1. The van der Waals surface area contributed by atoms with Crippen molar-refractivity contribution in [3.05, 3.63) is 0 Å². The zero-order valence-electron chi connectivity index (χ0n) is 10.7. The van der Waals surface area contributed by atoms with E-state index in [-0.39, 0.29) is 12.6 Å². The van der Waals surface area contributed by atoms with Crippen LogP contribution in [0, 0.1) is 0 Å². The Morgan fingerprint density at radius 1 is 1.00 bits per heavy atom. The summed E-state index contributed by atoms with van der Waals surface area (Å²) in [5.74, 6) is 0.0225. The molecule has 0 heterocycles. The molecule has 0 amide bonds. The van der Waals surface area contributed by atoms with Crippen LogP contribution in [0.3, 0.4) is 0 Å². The van der Waals surface area contributed by atoms with Gasteiger partial charge in [-0.05, 0) is 20.8 Å². The summed E-state index contributed by atoms with van der Waals surface area (Å²) >= 11 is 3.88. The lowest BCUT2D eigenvalue weighted by Gasteiger charge is -2.19. The second-order valence-electron chi connectivity index (χ2n) is 4.29. The molecule has 0 aliphatic carbocycles. The van der Waals surface area contributed by atoms with Gasteiger partial charge in [0.25, 0.3) is 0 Å². The van der Waals surface area contributed by atoms with E-state index in [0.29, 0.717) is 32.4 Å². The first-order valence-electron chi connectivity index (χ1n) is 5.51. The zero-order chi connectivity index (χ0) is 13.1. The fourth-order valence-corrected chi connectivity index (χ4v) is 1.06. The topological polar surface area (TPSA) is 54.0 Å². The lowest BCUT2D eigenvalue weighted by Crippen LogP contribution is -2.27. The van der Waals surface area contributed by atoms with Crippen LogP contribution in [0.2, 0.25) is 0 Å². The van der Waals surface area contributed by atoms with Crippen LogP contribution in [-0.2, 0) is 23.7 Å². The van der Waals surface area contributed by atoms with E-state index in [9.17, 15) is 4.79 Å². The summed E-state index contributed by atoms with van der Waals surface area (Å²) in [5.41, 5.74) is -0.471. The SMILES string of the molecule is CC(C)(C)OC(=O)COCCOCCOCS. The van der Waals surface area contributed by atoms with Gasteiger partial charge in [-0.15, -0.1) is 0 Å². The van der Waals surface area contributed by atoms with Gasteiger partial charge in [-0.3, -0.25) is 0 Å². The monoisotopic (exact) mass is 266 g/mol. The third kappa shape index (κ3) is 13.6. The molecule has 0 aromatic carbocycles. The van der Waals surface area contributed by atoms with E-state index in [1.54, 1.807) is 0 Å². The Balaban J connectivity index is 3.25. The minimum absolute atomic E-state index is 0.0478. The average molecular weight is 266 g/mol. The van der Waals surface area contributed by atoms with Crippen molar-refractivity contribution in [1.29, 1.82) is 0 Å². The Bertz CT molecular complexity index is 203. The molecule has 0 aliphatic rings. The van der Waals surface area contributed by atoms with E-state index < -0.39 is 5.60 Å². The van der Waals surface area contributed by atoms with Gasteiger partial charge in [0.05, 0.1) is 32.4 Å². The fourth-order valence-electron chi connectivity index (χ4n) is 0.929. The van der Waals surface area contributed by atoms with Crippen molar-refractivity contribution in [1.82, 2.24) is 0 Å². The van der Waals surface area contributed by atoms with E-state index >= 15 is 0 Å². The average Bonchev–Trinajstić information content (AvgIpc) is 2.19. The predicted molar refractivity (Wildman–Crippen MR) is 67.3 cm³/mol. The van der Waals surface area contributed by atoms with E-state index in [1.165, 1.54) is 0 Å².